The van der Waals surface area contributed by atoms with E-state index in [9.17, 15) is 19.5 Å². The van der Waals surface area contributed by atoms with E-state index in [1.807, 2.05) is 0 Å². The number of carbonyl (C=O) groups excluding carboxylic acids is 3. The van der Waals surface area contributed by atoms with Crippen LogP contribution in [0.2, 0.25) is 0 Å². The molecule has 0 bridgehead atoms. The molecule has 7 nitrogen and oxygen atoms in total. The molecule has 0 heterocycles. The molecule has 0 unspecified atom stereocenters. The van der Waals surface area contributed by atoms with Gasteiger partial charge in [0.25, 0.3) is 0 Å². The minimum absolute atomic E-state index is 0.0447. The summed E-state index contributed by atoms with van der Waals surface area (Å²) in [5.74, 6) is -0.576. The van der Waals surface area contributed by atoms with Crippen LogP contribution >= 0.6 is 0 Å². The summed E-state index contributed by atoms with van der Waals surface area (Å²) in [5, 5.41) is 9.61. The van der Waals surface area contributed by atoms with Gasteiger partial charge in [0.15, 0.2) is 28.8 Å². The van der Waals surface area contributed by atoms with E-state index in [-0.39, 0.29) is 29.5 Å². The smallest absolute Gasteiger partial charge is 0.308 e. The standard InChI is InChI=1S/C22H22O7/c1-14(23)28-20-11-7-17(13-22(20)29-15(2)24)5-9-18(25)8-4-16-6-10-19(26)21(12-16)27-3/h5-7,9-13,26H,4,8H2,1-3H3/b9-5+. The average Bonchev–Trinajstić information content (AvgIpc) is 2.66. The maximum absolute atomic E-state index is 12.2. The molecule has 7 heteroatoms. The molecular formula is C22H22O7. The number of allylic oxidation sites excluding steroid dienone is 1. The molecule has 0 saturated carbocycles. The Morgan fingerprint density at radius 2 is 1.62 bits per heavy atom. The Bertz CT molecular complexity index is 944. The fourth-order valence-corrected chi connectivity index (χ4v) is 2.52. The van der Waals surface area contributed by atoms with E-state index in [1.165, 1.54) is 45.2 Å². The molecule has 0 saturated heterocycles. The summed E-state index contributed by atoms with van der Waals surface area (Å²) in [4.78, 5) is 34.6. The SMILES string of the molecule is COc1cc(CCC(=O)/C=C/c2ccc(OC(C)=O)c(OC(C)=O)c2)ccc1O. The van der Waals surface area contributed by atoms with E-state index in [0.29, 0.717) is 17.7 Å². The fourth-order valence-electron chi connectivity index (χ4n) is 2.52. The van der Waals surface area contributed by atoms with Gasteiger partial charge in [-0.25, -0.2) is 0 Å². The van der Waals surface area contributed by atoms with Gasteiger partial charge in [0.2, 0.25) is 0 Å². The van der Waals surface area contributed by atoms with Crippen molar-refractivity contribution in [3.05, 3.63) is 53.6 Å². The summed E-state index contributed by atoms with van der Waals surface area (Å²) in [5.41, 5.74) is 1.47. The first-order valence-corrected chi connectivity index (χ1v) is 8.86. The Kier molecular flexibility index (Phi) is 7.54. The van der Waals surface area contributed by atoms with Gasteiger partial charge in [0.1, 0.15) is 0 Å². The lowest BCUT2D eigenvalue weighted by Gasteiger charge is -2.09. The van der Waals surface area contributed by atoms with Crippen molar-refractivity contribution in [2.75, 3.05) is 7.11 Å². The van der Waals surface area contributed by atoms with E-state index in [4.69, 9.17) is 14.2 Å². The molecule has 152 valence electrons. The van der Waals surface area contributed by atoms with Crippen molar-refractivity contribution in [1.29, 1.82) is 0 Å². The second kappa shape index (κ2) is 10.1. The number of hydrogen-bond acceptors (Lipinski definition) is 7. The molecule has 2 rings (SSSR count). The number of phenolic OH excluding ortho intramolecular Hbond substituents is 1. The topological polar surface area (TPSA) is 99.1 Å². The van der Waals surface area contributed by atoms with Crippen LogP contribution in [0.25, 0.3) is 6.08 Å². The zero-order valence-electron chi connectivity index (χ0n) is 16.4. The van der Waals surface area contributed by atoms with E-state index < -0.39 is 11.9 Å². The number of ether oxygens (including phenoxy) is 3. The second-order valence-electron chi connectivity index (χ2n) is 6.20. The molecule has 0 amide bonds. The zero-order valence-corrected chi connectivity index (χ0v) is 16.4. The molecule has 0 spiro atoms. The summed E-state index contributed by atoms with van der Waals surface area (Å²) in [6, 6.07) is 9.58. The molecule has 0 fully saturated rings. The number of hydrogen-bond donors (Lipinski definition) is 1. The van der Waals surface area contributed by atoms with E-state index >= 15 is 0 Å². The number of esters is 2. The lowest BCUT2D eigenvalue weighted by Crippen LogP contribution is -2.07. The minimum atomic E-state index is -0.556. The Balaban J connectivity index is 2.05. The highest BCUT2D eigenvalue weighted by Crippen LogP contribution is 2.29. The first-order valence-electron chi connectivity index (χ1n) is 8.86. The van der Waals surface area contributed by atoms with Crippen LogP contribution in [-0.4, -0.2) is 29.9 Å². The van der Waals surface area contributed by atoms with Crippen molar-refractivity contribution in [2.45, 2.75) is 26.7 Å². The molecule has 0 aliphatic heterocycles. The van der Waals surface area contributed by atoms with Crippen molar-refractivity contribution >= 4 is 23.8 Å². The summed E-state index contributed by atoms with van der Waals surface area (Å²) >= 11 is 0. The number of aryl methyl sites for hydroxylation is 1. The highest BCUT2D eigenvalue weighted by Gasteiger charge is 2.11. The Morgan fingerprint density at radius 1 is 0.931 bits per heavy atom. The molecule has 2 aromatic rings. The second-order valence-corrected chi connectivity index (χ2v) is 6.20. The highest BCUT2D eigenvalue weighted by atomic mass is 16.6. The summed E-state index contributed by atoms with van der Waals surface area (Å²) in [7, 11) is 1.46. The first kappa shape index (κ1) is 21.7. The molecule has 29 heavy (non-hydrogen) atoms. The van der Waals surface area contributed by atoms with Crippen LogP contribution in [0.3, 0.4) is 0 Å². The predicted molar refractivity (Wildman–Crippen MR) is 106 cm³/mol. The normalized spacial score (nSPS) is 10.6. The van der Waals surface area contributed by atoms with Crippen molar-refractivity contribution < 1.29 is 33.7 Å². The van der Waals surface area contributed by atoms with Crippen molar-refractivity contribution in [1.82, 2.24) is 0 Å². The van der Waals surface area contributed by atoms with Crippen LogP contribution < -0.4 is 14.2 Å². The van der Waals surface area contributed by atoms with Gasteiger partial charge in [0.05, 0.1) is 7.11 Å². The van der Waals surface area contributed by atoms with E-state index in [1.54, 1.807) is 24.3 Å². The molecule has 0 aromatic heterocycles. The molecule has 2 aromatic carbocycles. The van der Waals surface area contributed by atoms with Crippen LogP contribution in [0.1, 0.15) is 31.4 Å². The lowest BCUT2D eigenvalue weighted by atomic mass is 10.1. The van der Waals surface area contributed by atoms with Crippen molar-refractivity contribution in [3.8, 4) is 23.0 Å². The molecule has 1 N–H and O–H groups in total. The number of ketones is 1. The van der Waals surface area contributed by atoms with Gasteiger partial charge in [-0.2, -0.15) is 0 Å². The third-order valence-corrected chi connectivity index (χ3v) is 3.84. The number of methoxy groups -OCH3 is 1. The van der Waals surface area contributed by atoms with Crippen LogP contribution in [0.15, 0.2) is 42.5 Å². The zero-order chi connectivity index (χ0) is 21.4. The molecule has 0 atom stereocenters. The maximum Gasteiger partial charge on any atom is 0.308 e. The van der Waals surface area contributed by atoms with Gasteiger partial charge in [-0.1, -0.05) is 18.2 Å². The maximum atomic E-state index is 12.2. The van der Waals surface area contributed by atoms with Crippen LogP contribution in [0, 0.1) is 0 Å². The monoisotopic (exact) mass is 398 g/mol. The largest absolute Gasteiger partial charge is 0.504 e. The number of benzene rings is 2. The molecule has 0 aliphatic carbocycles. The van der Waals surface area contributed by atoms with Crippen molar-refractivity contribution in [2.24, 2.45) is 0 Å². The van der Waals surface area contributed by atoms with Crippen LogP contribution in [0.5, 0.6) is 23.0 Å². The summed E-state index contributed by atoms with van der Waals surface area (Å²) < 4.78 is 15.1. The highest BCUT2D eigenvalue weighted by molar-refractivity contribution is 5.93. The van der Waals surface area contributed by atoms with Crippen LogP contribution in [-0.2, 0) is 20.8 Å². The third-order valence-electron chi connectivity index (χ3n) is 3.84. The number of aromatic hydroxyl groups is 1. The first-order chi connectivity index (χ1) is 13.8. The Morgan fingerprint density at radius 3 is 2.28 bits per heavy atom. The lowest BCUT2D eigenvalue weighted by molar-refractivity contribution is -0.134. The number of phenols is 1. The van der Waals surface area contributed by atoms with Gasteiger partial charge in [-0.3, -0.25) is 14.4 Å². The van der Waals surface area contributed by atoms with Gasteiger partial charge < -0.3 is 19.3 Å². The quantitative estimate of drug-likeness (QED) is 0.413. The van der Waals surface area contributed by atoms with Crippen molar-refractivity contribution in [3.63, 3.8) is 0 Å². The van der Waals surface area contributed by atoms with Gasteiger partial charge in [-0.05, 0) is 47.9 Å². The Hall–Kier alpha value is -3.61. The van der Waals surface area contributed by atoms with Crippen LogP contribution in [0.4, 0.5) is 0 Å². The average molecular weight is 398 g/mol. The summed E-state index contributed by atoms with van der Waals surface area (Å²) in [6.45, 7) is 2.48. The van der Waals surface area contributed by atoms with Gasteiger partial charge >= 0.3 is 11.9 Å². The van der Waals surface area contributed by atoms with E-state index in [2.05, 4.69) is 0 Å². The van der Waals surface area contributed by atoms with Gasteiger partial charge in [-0.15, -0.1) is 0 Å². The molecule has 0 aliphatic rings. The predicted octanol–water partition coefficient (Wildman–Crippen LogP) is 3.47. The van der Waals surface area contributed by atoms with Gasteiger partial charge in [0, 0.05) is 20.3 Å². The fraction of sp³-hybridized carbons (Fsp3) is 0.227. The molecule has 0 radical (unpaired) electrons. The number of carbonyl (C=O) groups is 3. The molecular weight excluding hydrogens is 376 g/mol. The summed E-state index contributed by atoms with van der Waals surface area (Å²) in [6.07, 6.45) is 3.77. The Labute approximate surface area is 168 Å². The third kappa shape index (κ3) is 6.80. The minimum Gasteiger partial charge on any atom is -0.504 e. The van der Waals surface area contributed by atoms with E-state index in [0.717, 1.165) is 5.56 Å². The number of rotatable bonds is 8.